The van der Waals surface area contributed by atoms with E-state index in [2.05, 4.69) is 14.9 Å². The monoisotopic (exact) mass is 400 g/mol. The number of nitrogens with zero attached hydrogens (tertiary/aromatic N) is 4. The first-order valence-electron chi connectivity index (χ1n) is 9.73. The maximum Gasteiger partial charge on any atom is 0.255 e. The largest absolute Gasteiger partial charge is 0.391 e. The highest BCUT2D eigenvalue weighted by Crippen LogP contribution is 2.40. The Kier molecular flexibility index (Phi) is 5.62. The van der Waals surface area contributed by atoms with Crippen molar-refractivity contribution in [3.8, 4) is 0 Å². The van der Waals surface area contributed by atoms with E-state index in [9.17, 15) is 9.90 Å². The summed E-state index contributed by atoms with van der Waals surface area (Å²) < 4.78 is 0. The van der Waals surface area contributed by atoms with Gasteiger partial charge >= 0.3 is 0 Å². The minimum absolute atomic E-state index is 0.0144. The number of pyridine rings is 2. The van der Waals surface area contributed by atoms with Crippen molar-refractivity contribution in [2.45, 2.75) is 31.9 Å². The molecule has 1 atom stereocenters. The third-order valence-electron chi connectivity index (χ3n) is 5.91. The number of hydrogen-bond donors (Lipinski definition) is 1. The molecule has 2 aromatic rings. The van der Waals surface area contributed by atoms with E-state index in [4.69, 9.17) is 11.6 Å². The molecule has 0 aromatic carbocycles. The van der Waals surface area contributed by atoms with Crippen LogP contribution < -0.4 is 0 Å². The predicted octanol–water partition coefficient (Wildman–Crippen LogP) is 2.62. The number of rotatable bonds is 3. The zero-order valence-electron chi connectivity index (χ0n) is 15.8. The Bertz CT molecular complexity index is 807. The molecule has 7 heteroatoms. The standard InChI is InChI=1S/C21H25ClN4O2/c22-17-3-4-18(24-12-17)13-25-8-5-21(6-9-25)10-19(27)14-26(15-21)20(28)16-2-1-7-23-11-16/h1-4,7,11-12,19,27H,5-6,8-10,13-15H2. The van der Waals surface area contributed by atoms with Gasteiger partial charge < -0.3 is 10.0 Å². The molecule has 2 aliphatic rings. The number of carbonyl (C=O) groups is 1. The van der Waals surface area contributed by atoms with E-state index in [1.807, 2.05) is 17.0 Å². The van der Waals surface area contributed by atoms with Gasteiger partial charge in [-0.05, 0) is 62.0 Å². The molecule has 2 saturated heterocycles. The van der Waals surface area contributed by atoms with E-state index in [0.29, 0.717) is 23.7 Å². The van der Waals surface area contributed by atoms with Crippen LogP contribution in [0.1, 0.15) is 35.3 Å². The smallest absolute Gasteiger partial charge is 0.255 e. The molecule has 0 saturated carbocycles. The first kappa shape index (κ1) is 19.3. The number of likely N-dealkylation sites (tertiary alicyclic amines) is 2. The van der Waals surface area contributed by atoms with Crippen LogP contribution >= 0.6 is 11.6 Å². The minimum Gasteiger partial charge on any atom is -0.391 e. The fourth-order valence-corrected chi connectivity index (χ4v) is 4.57. The molecule has 1 amide bonds. The number of aliphatic hydroxyl groups is 1. The average molecular weight is 401 g/mol. The minimum atomic E-state index is -0.473. The van der Waals surface area contributed by atoms with Crippen molar-refractivity contribution in [1.82, 2.24) is 19.8 Å². The summed E-state index contributed by atoms with van der Waals surface area (Å²) in [6.45, 7) is 3.77. The van der Waals surface area contributed by atoms with Gasteiger partial charge in [-0.2, -0.15) is 0 Å². The van der Waals surface area contributed by atoms with Crippen LogP contribution in [-0.4, -0.2) is 63.1 Å². The van der Waals surface area contributed by atoms with Gasteiger partial charge in [-0.25, -0.2) is 0 Å². The Hall–Kier alpha value is -2.02. The summed E-state index contributed by atoms with van der Waals surface area (Å²) >= 11 is 5.91. The van der Waals surface area contributed by atoms with E-state index >= 15 is 0 Å². The average Bonchev–Trinajstić information content (AvgIpc) is 2.71. The number of amides is 1. The van der Waals surface area contributed by atoms with Gasteiger partial charge in [0.05, 0.1) is 22.4 Å². The summed E-state index contributed by atoms with van der Waals surface area (Å²) in [5.74, 6) is -0.0426. The first-order chi connectivity index (χ1) is 13.5. The number of carbonyl (C=O) groups excluding carboxylic acids is 1. The molecule has 2 fully saturated rings. The Morgan fingerprint density at radius 1 is 1.25 bits per heavy atom. The fourth-order valence-electron chi connectivity index (χ4n) is 4.46. The highest BCUT2D eigenvalue weighted by molar-refractivity contribution is 6.30. The summed E-state index contributed by atoms with van der Waals surface area (Å²) in [5, 5.41) is 11.1. The second-order valence-corrected chi connectivity index (χ2v) is 8.47. The Morgan fingerprint density at radius 3 is 2.75 bits per heavy atom. The van der Waals surface area contributed by atoms with E-state index in [0.717, 1.165) is 44.6 Å². The third kappa shape index (κ3) is 4.35. The van der Waals surface area contributed by atoms with Gasteiger partial charge in [-0.3, -0.25) is 19.7 Å². The van der Waals surface area contributed by atoms with Gasteiger partial charge in [0.2, 0.25) is 0 Å². The molecule has 2 aromatic heterocycles. The quantitative estimate of drug-likeness (QED) is 0.857. The molecule has 0 radical (unpaired) electrons. The summed E-state index contributed by atoms with van der Waals surface area (Å²) in [6, 6.07) is 7.39. The lowest BCUT2D eigenvalue weighted by molar-refractivity contribution is -0.0338. The van der Waals surface area contributed by atoms with Crippen LogP contribution in [0.15, 0.2) is 42.9 Å². The highest BCUT2D eigenvalue weighted by Gasteiger charge is 2.43. The summed E-state index contributed by atoms with van der Waals surface area (Å²) in [6.07, 6.45) is 7.16. The number of aromatic nitrogens is 2. The molecule has 0 aliphatic carbocycles. The Labute approximate surface area is 170 Å². The highest BCUT2D eigenvalue weighted by atomic mass is 35.5. The molecular formula is C21H25ClN4O2. The predicted molar refractivity (Wildman–Crippen MR) is 107 cm³/mol. The van der Waals surface area contributed by atoms with Crippen LogP contribution in [0.4, 0.5) is 0 Å². The maximum absolute atomic E-state index is 12.8. The third-order valence-corrected chi connectivity index (χ3v) is 6.14. The number of aliphatic hydroxyl groups excluding tert-OH is 1. The van der Waals surface area contributed by atoms with Crippen molar-refractivity contribution in [3.05, 3.63) is 59.1 Å². The molecule has 1 unspecified atom stereocenters. The number of β-amino-alcohol motifs (C(OH)–C–C–N with tert-alkyl or cyclic N) is 1. The van der Waals surface area contributed by atoms with Crippen molar-refractivity contribution < 1.29 is 9.90 Å². The van der Waals surface area contributed by atoms with Crippen molar-refractivity contribution >= 4 is 17.5 Å². The number of hydrogen-bond acceptors (Lipinski definition) is 5. The lowest BCUT2D eigenvalue weighted by Crippen LogP contribution is -2.55. The summed E-state index contributed by atoms with van der Waals surface area (Å²) in [4.78, 5) is 25.5. The summed E-state index contributed by atoms with van der Waals surface area (Å²) in [7, 11) is 0. The van der Waals surface area contributed by atoms with Crippen molar-refractivity contribution in [1.29, 1.82) is 0 Å². The van der Waals surface area contributed by atoms with Gasteiger partial charge in [-0.15, -0.1) is 0 Å². The van der Waals surface area contributed by atoms with E-state index in [1.54, 1.807) is 30.7 Å². The lowest BCUT2D eigenvalue weighted by Gasteiger charge is -2.49. The van der Waals surface area contributed by atoms with E-state index in [-0.39, 0.29) is 11.3 Å². The second-order valence-electron chi connectivity index (χ2n) is 8.03. The molecule has 1 spiro atoms. The fraction of sp³-hybridized carbons (Fsp3) is 0.476. The molecule has 148 valence electrons. The molecule has 28 heavy (non-hydrogen) atoms. The number of halogens is 1. The van der Waals surface area contributed by atoms with E-state index < -0.39 is 6.10 Å². The van der Waals surface area contributed by atoms with Gasteiger partial charge in [0.1, 0.15) is 0 Å². The van der Waals surface area contributed by atoms with Gasteiger partial charge in [0.15, 0.2) is 0 Å². The van der Waals surface area contributed by atoms with Crippen LogP contribution in [-0.2, 0) is 6.54 Å². The van der Waals surface area contributed by atoms with Gasteiger partial charge in [0, 0.05) is 38.2 Å². The molecular weight excluding hydrogens is 376 g/mol. The number of piperidine rings is 2. The molecule has 4 rings (SSSR count). The van der Waals surface area contributed by atoms with E-state index in [1.165, 1.54) is 0 Å². The van der Waals surface area contributed by atoms with Crippen LogP contribution in [0.25, 0.3) is 0 Å². The van der Waals surface area contributed by atoms with Crippen LogP contribution in [0.5, 0.6) is 0 Å². The van der Waals surface area contributed by atoms with Crippen LogP contribution in [0.2, 0.25) is 5.02 Å². The Morgan fingerprint density at radius 2 is 2.07 bits per heavy atom. The molecule has 2 aliphatic heterocycles. The SMILES string of the molecule is O=C(c1cccnc1)N1CC(O)CC2(CCN(Cc3ccc(Cl)cn3)CC2)C1. The Balaban J connectivity index is 1.39. The van der Waals surface area contributed by atoms with Crippen molar-refractivity contribution in [2.24, 2.45) is 5.41 Å². The van der Waals surface area contributed by atoms with Crippen molar-refractivity contribution in [2.75, 3.05) is 26.2 Å². The van der Waals surface area contributed by atoms with Gasteiger partial charge in [0.25, 0.3) is 5.91 Å². The molecule has 4 heterocycles. The van der Waals surface area contributed by atoms with Gasteiger partial charge in [-0.1, -0.05) is 11.6 Å². The molecule has 1 N–H and O–H groups in total. The first-order valence-corrected chi connectivity index (χ1v) is 10.1. The lowest BCUT2D eigenvalue weighted by atomic mass is 9.71. The van der Waals surface area contributed by atoms with Crippen LogP contribution in [0, 0.1) is 5.41 Å². The molecule has 6 nitrogen and oxygen atoms in total. The zero-order valence-corrected chi connectivity index (χ0v) is 16.6. The van der Waals surface area contributed by atoms with Crippen LogP contribution in [0.3, 0.4) is 0 Å². The topological polar surface area (TPSA) is 69.6 Å². The second kappa shape index (κ2) is 8.15. The maximum atomic E-state index is 12.8. The normalized spacial score (nSPS) is 22.4. The summed E-state index contributed by atoms with van der Waals surface area (Å²) in [5.41, 5.74) is 1.58. The van der Waals surface area contributed by atoms with Crippen molar-refractivity contribution in [3.63, 3.8) is 0 Å². The molecule has 0 bridgehead atoms. The zero-order chi connectivity index (χ0) is 19.6.